The third kappa shape index (κ3) is 2.90. The molecule has 2 heteroatoms. The highest BCUT2D eigenvalue weighted by Gasteiger charge is 2.51. The first kappa shape index (κ1) is 16.8. The minimum absolute atomic E-state index is 1.11. The fraction of sp³-hybridized carbons (Fsp3) is 0.0435. The van der Waals surface area contributed by atoms with Gasteiger partial charge in [-0.2, -0.15) is 0 Å². The van der Waals surface area contributed by atoms with Crippen LogP contribution in [0.3, 0.4) is 0 Å². The number of hydrogen-bond donors (Lipinski definition) is 0. The van der Waals surface area contributed by atoms with Crippen molar-refractivity contribution in [2.45, 2.75) is 0 Å². The van der Waals surface area contributed by atoms with E-state index in [1.165, 1.54) is 27.1 Å². The molecule has 0 amide bonds. The van der Waals surface area contributed by atoms with Crippen LogP contribution in [-0.4, -0.2) is 4.17 Å². The number of benzene rings is 3. The molecule has 0 aromatic heterocycles. The quantitative estimate of drug-likeness (QED) is 0.231. The molecule has 0 aliphatic carbocycles. The monoisotopic (exact) mass is 453 g/mol. The Kier molecular flexibility index (Phi) is 4.87. The summed E-state index contributed by atoms with van der Waals surface area (Å²) in [6, 6.07) is 32.8. The zero-order valence-electron chi connectivity index (χ0n) is 13.8. The van der Waals surface area contributed by atoms with E-state index in [-0.39, 0.29) is 0 Å². The van der Waals surface area contributed by atoms with Crippen LogP contribution in [-0.2, 0) is 0 Å². The van der Waals surface area contributed by atoms with E-state index in [2.05, 4.69) is 126 Å². The van der Waals surface area contributed by atoms with Crippen LogP contribution < -0.4 is 5.30 Å². The van der Waals surface area contributed by atoms with Crippen molar-refractivity contribution in [2.75, 3.05) is 4.17 Å². The Hall–Kier alpha value is -1.70. The Labute approximate surface area is 163 Å². The normalized spacial score (nSPS) is 15.6. The van der Waals surface area contributed by atoms with Crippen molar-refractivity contribution in [3.63, 3.8) is 0 Å². The van der Waals surface area contributed by atoms with Crippen LogP contribution in [0.15, 0.2) is 103 Å². The van der Waals surface area contributed by atoms with Crippen molar-refractivity contribution in [1.82, 2.24) is 0 Å². The van der Waals surface area contributed by atoms with Gasteiger partial charge in [0.25, 0.3) is 0 Å². The number of hydrogen-bond acceptors (Lipinski definition) is 0. The molecule has 0 unspecified atom stereocenters. The Morgan fingerprint density at radius 2 is 0.960 bits per heavy atom. The molecule has 0 nitrogen and oxygen atoms in total. The number of halogens is 1. The van der Waals surface area contributed by atoms with Crippen molar-refractivity contribution in [1.29, 1.82) is 0 Å². The Morgan fingerprint density at radius 1 is 0.560 bits per heavy atom. The van der Waals surface area contributed by atoms with E-state index in [4.69, 9.17) is 0 Å². The lowest BCUT2D eigenvalue weighted by Gasteiger charge is -2.27. The first-order valence-electron chi connectivity index (χ1n) is 8.40. The van der Waals surface area contributed by atoms with Gasteiger partial charge in [-0.25, -0.2) is 0 Å². The average molecular weight is 453 g/mol. The molecule has 122 valence electrons. The van der Waals surface area contributed by atoms with Crippen molar-refractivity contribution >= 4 is 45.8 Å². The topological polar surface area (TPSA) is 0 Å². The van der Waals surface area contributed by atoms with E-state index in [1.54, 1.807) is 0 Å². The van der Waals surface area contributed by atoms with Crippen molar-refractivity contribution in [2.24, 2.45) is 0 Å². The van der Waals surface area contributed by atoms with Gasteiger partial charge in [0.05, 0.1) is 0 Å². The predicted molar refractivity (Wildman–Crippen MR) is 121 cm³/mol. The standard InChI is InChI=1S/C23H19IP/c24-18-25(21-14-8-3-9-15-21)22(19-10-4-1-5-11-19)16-17-23(25)20-12-6-2-7-13-20/h1-17H,18H2/q+1. The van der Waals surface area contributed by atoms with E-state index in [9.17, 15) is 0 Å². The smallest absolute Gasteiger partial charge is 0.0622 e. The van der Waals surface area contributed by atoms with Gasteiger partial charge >= 0.3 is 0 Å². The number of rotatable bonds is 4. The maximum atomic E-state index is 2.60. The fourth-order valence-corrected chi connectivity index (χ4v) is 10.7. The second kappa shape index (κ2) is 7.27. The molecule has 1 aliphatic rings. The van der Waals surface area contributed by atoms with E-state index in [0.29, 0.717) is 0 Å². The van der Waals surface area contributed by atoms with Crippen LogP contribution in [0, 0.1) is 0 Å². The average Bonchev–Trinajstić information content (AvgIpc) is 3.10. The molecule has 0 N–H and O–H groups in total. The van der Waals surface area contributed by atoms with E-state index >= 15 is 0 Å². The molecule has 0 saturated heterocycles. The molecular formula is C23H19IP+. The molecule has 3 aromatic rings. The highest BCUT2D eigenvalue weighted by molar-refractivity contribution is 14.1. The molecule has 3 aromatic carbocycles. The van der Waals surface area contributed by atoms with Gasteiger partial charge < -0.3 is 0 Å². The molecular weight excluding hydrogens is 434 g/mol. The summed E-state index contributed by atoms with van der Waals surface area (Å²) in [5, 5.41) is 4.45. The van der Waals surface area contributed by atoms with Gasteiger partial charge in [0.1, 0.15) is 27.4 Å². The van der Waals surface area contributed by atoms with Crippen molar-refractivity contribution in [3.05, 3.63) is 114 Å². The summed E-state index contributed by atoms with van der Waals surface area (Å²) in [7, 11) is -1.64. The summed E-state index contributed by atoms with van der Waals surface area (Å²) in [6.45, 7) is 0. The maximum Gasteiger partial charge on any atom is 0.124 e. The van der Waals surface area contributed by atoms with Crippen LogP contribution in [0.5, 0.6) is 0 Å². The summed E-state index contributed by atoms with van der Waals surface area (Å²) in [5.74, 6) is 0. The highest BCUT2D eigenvalue weighted by Crippen LogP contribution is 2.79. The van der Waals surface area contributed by atoms with Gasteiger partial charge in [0.15, 0.2) is 0 Å². The molecule has 25 heavy (non-hydrogen) atoms. The van der Waals surface area contributed by atoms with Crippen LogP contribution >= 0.6 is 29.9 Å². The van der Waals surface area contributed by atoms with Crippen molar-refractivity contribution in [3.8, 4) is 0 Å². The molecule has 0 bridgehead atoms. The Morgan fingerprint density at radius 3 is 1.36 bits per heavy atom. The molecule has 1 heterocycles. The maximum absolute atomic E-state index is 2.60. The molecule has 4 rings (SSSR count). The largest absolute Gasteiger partial charge is 0.124 e. The summed E-state index contributed by atoms with van der Waals surface area (Å²) >= 11 is 2.60. The zero-order chi connectivity index (χ0) is 17.1. The second-order valence-electron chi connectivity index (χ2n) is 6.10. The van der Waals surface area contributed by atoms with Crippen molar-refractivity contribution < 1.29 is 0 Å². The molecule has 0 radical (unpaired) electrons. The molecule has 0 atom stereocenters. The lowest BCUT2D eigenvalue weighted by Crippen LogP contribution is -2.13. The molecule has 0 saturated carbocycles. The Bertz CT molecular complexity index is 857. The molecule has 1 aliphatic heterocycles. The summed E-state index contributed by atoms with van der Waals surface area (Å²) in [6.07, 6.45) is 4.72. The van der Waals surface area contributed by atoms with Gasteiger partial charge in [-0.15, -0.1) is 0 Å². The number of allylic oxidation sites excluding steroid dienone is 2. The van der Waals surface area contributed by atoms with Gasteiger partial charge in [0, 0.05) is 11.1 Å². The fourth-order valence-electron chi connectivity index (χ4n) is 3.55. The lowest BCUT2D eigenvalue weighted by atomic mass is 10.2. The van der Waals surface area contributed by atoms with Gasteiger partial charge in [-0.1, -0.05) is 78.9 Å². The first-order chi connectivity index (χ1) is 12.4. The van der Waals surface area contributed by atoms with Gasteiger partial charge in [-0.3, -0.25) is 0 Å². The minimum atomic E-state index is -1.64. The van der Waals surface area contributed by atoms with Gasteiger partial charge in [0.2, 0.25) is 0 Å². The highest BCUT2D eigenvalue weighted by atomic mass is 127. The third-order valence-electron chi connectivity index (χ3n) is 4.74. The van der Waals surface area contributed by atoms with Crippen LogP contribution in [0.2, 0.25) is 0 Å². The molecule has 0 fully saturated rings. The SMILES string of the molecule is IC[P+]1(c2ccccc2)C(c2ccccc2)=CC=C1c1ccccc1. The van der Waals surface area contributed by atoms with Crippen LogP contribution in [0.4, 0.5) is 0 Å². The summed E-state index contributed by atoms with van der Waals surface area (Å²) in [5.41, 5.74) is 2.69. The lowest BCUT2D eigenvalue weighted by molar-refractivity contribution is 1.64. The molecule has 0 spiro atoms. The van der Waals surface area contributed by atoms with Crippen LogP contribution in [0.1, 0.15) is 11.1 Å². The van der Waals surface area contributed by atoms with Crippen LogP contribution in [0.25, 0.3) is 10.6 Å². The zero-order valence-corrected chi connectivity index (χ0v) is 16.9. The first-order valence-corrected chi connectivity index (χ1v) is 11.9. The number of alkyl halides is 1. The Balaban J connectivity index is 1.94. The second-order valence-corrected chi connectivity index (χ2v) is 11.5. The van der Waals surface area contributed by atoms with Gasteiger partial charge in [-0.05, 0) is 46.9 Å². The minimum Gasteiger partial charge on any atom is -0.0622 e. The van der Waals surface area contributed by atoms with E-state index in [1.807, 2.05) is 0 Å². The third-order valence-corrected chi connectivity index (χ3v) is 11.8. The summed E-state index contributed by atoms with van der Waals surface area (Å²) in [4.78, 5) is 0. The predicted octanol–water partition coefficient (Wildman–Crippen LogP) is 6.82. The van der Waals surface area contributed by atoms with E-state index in [0.717, 1.165) is 4.17 Å². The van der Waals surface area contributed by atoms with E-state index < -0.39 is 7.26 Å². The summed E-state index contributed by atoms with van der Waals surface area (Å²) < 4.78 is 1.11.